The van der Waals surface area contributed by atoms with Crippen LogP contribution in [0.15, 0.2) is 6.07 Å². The molecular weight excluding hydrogens is 256 g/mol. The molecule has 1 aliphatic heterocycles. The first-order chi connectivity index (χ1) is 7.58. The molecule has 0 aliphatic carbocycles. The quantitative estimate of drug-likeness (QED) is 0.852. The molecule has 1 fully saturated rings. The minimum absolute atomic E-state index is 0. The zero-order valence-electron chi connectivity index (χ0n) is 10.4. The van der Waals surface area contributed by atoms with Gasteiger partial charge in [0.15, 0.2) is 0 Å². The first kappa shape index (κ1) is 14.5. The molecule has 0 aromatic carbocycles. The van der Waals surface area contributed by atoms with E-state index in [-0.39, 0.29) is 18.3 Å². The SMILES string of the molecule is Cc1cc(C(=O)N2CCN[C@@H](C)C2)sc1C.Cl. The Balaban J connectivity index is 0.00000144. The lowest BCUT2D eigenvalue weighted by Crippen LogP contribution is -2.51. The molecule has 2 heterocycles. The van der Waals surface area contributed by atoms with Crippen LogP contribution in [0.3, 0.4) is 0 Å². The lowest BCUT2D eigenvalue weighted by Gasteiger charge is -2.31. The second kappa shape index (κ2) is 5.85. The summed E-state index contributed by atoms with van der Waals surface area (Å²) in [4.78, 5) is 16.3. The number of hydrogen-bond donors (Lipinski definition) is 1. The number of halogens is 1. The molecule has 1 atom stereocenters. The molecule has 1 N–H and O–H groups in total. The number of carbonyl (C=O) groups is 1. The number of aryl methyl sites for hydroxylation is 2. The van der Waals surface area contributed by atoms with E-state index in [1.165, 1.54) is 10.4 Å². The van der Waals surface area contributed by atoms with Gasteiger partial charge in [-0.05, 0) is 32.4 Å². The van der Waals surface area contributed by atoms with Gasteiger partial charge in [0.1, 0.15) is 0 Å². The summed E-state index contributed by atoms with van der Waals surface area (Å²) in [5, 5.41) is 3.34. The van der Waals surface area contributed by atoms with Gasteiger partial charge >= 0.3 is 0 Å². The third kappa shape index (κ3) is 3.21. The molecule has 0 bridgehead atoms. The summed E-state index contributed by atoms with van der Waals surface area (Å²) in [5.74, 6) is 0.189. The van der Waals surface area contributed by atoms with Crippen LogP contribution in [0.2, 0.25) is 0 Å². The lowest BCUT2D eigenvalue weighted by molar-refractivity contribution is 0.0714. The van der Waals surface area contributed by atoms with Crippen molar-refractivity contribution in [3.63, 3.8) is 0 Å². The fourth-order valence-electron chi connectivity index (χ4n) is 1.95. The standard InChI is InChI=1S/C12H18N2OS.ClH/c1-8-6-11(16-10(8)3)12(15)14-5-4-13-9(2)7-14;/h6,9,13H,4-5,7H2,1-3H3;1H/t9-;/m0./s1. The van der Waals surface area contributed by atoms with E-state index in [1.54, 1.807) is 11.3 Å². The Hall–Kier alpha value is -0.580. The summed E-state index contributed by atoms with van der Waals surface area (Å²) >= 11 is 1.61. The molecule has 0 saturated carbocycles. The molecule has 0 unspecified atom stereocenters. The van der Waals surface area contributed by atoms with Crippen LogP contribution in [0.4, 0.5) is 0 Å². The Morgan fingerprint density at radius 3 is 2.76 bits per heavy atom. The zero-order valence-corrected chi connectivity index (χ0v) is 12.1. The predicted octanol–water partition coefficient (Wildman–Crippen LogP) is 2.22. The van der Waals surface area contributed by atoms with Gasteiger partial charge in [0.25, 0.3) is 5.91 Å². The Kier molecular flexibility index (Phi) is 4.98. The van der Waals surface area contributed by atoms with Crippen molar-refractivity contribution in [3.05, 3.63) is 21.4 Å². The van der Waals surface area contributed by atoms with Crippen molar-refractivity contribution < 1.29 is 4.79 Å². The first-order valence-electron chi connectivity index (χ1n) is 5.67. The van der Waals surface area contributed by atoms with Crippen molar-refractivity contribution in [3.8, 4) is 0 Å². The fourth-order valence-corrected chi connectivity index (χ4v) is 2.95. The highest BCUT2D eigenvalue weighted by atomic mass is 35.5. The second-order valence-electron chi connectivity index (χ2n) is 4.46. The van der Waals surface area contributed by atoms with Gasteiger partial charge in [-0.15, -0.1) is 23.7 Å². The number of rotatable bonds is 1. The number of amides is 1. The van der Waals surface area contributed by atoms with Crippen LogP contribution < -0.4 is 5.32 Å². The Labute approximate surface area is 113 Å². The van der Waals surface area contributed by atoms with Crippen LogP contribution in [0, 0.1) is 13.8 Å². The van der Waals surface area contributed by atoms with Crippen molar-refractivity contribution in [2.75, 3.05) is 19.6 Å². The van der Waals surface area contributed by atoms with Crippen molar-refractivity contribution >= 4 is 29.7 Å². The van der Waals surface area contributed by atoms with Gasteiger partial charge in [-0.3, -0.25) is 4.79 Å². The van der Waals surface area contributed by atoms with Gasteiger partial charge in [-0.25, -0.2) is 0 Å². The number of nitrogens with zero attached hydrogens (tertiary/aromatic N) is 1. The number of piperazine rings is 1. The maximum absolute atomic E-state index is 12.2. The molecule has 1 saturated heterocycles. The number of nitrogens with one attached hydrogen (secondary N) is 1. The molecule has 1 aliphatic rings. The van der Waals surface area contributed by atoms with E-state index in [2.05, 4.69) is 26.1 Å². The van der Waals surface area contributed by atoms with Crippen LogP contribution in [-0.2, 0) is 0 Å². The summed E-state index contributed by atoms with van der Waals surface area (Å²) in [7, 11) is 0. The van der Waals surface area contributed by atoms with Gasteiger partial charge in [0.05, 0.1) is 4.88 Å². The minimum Gasteiger partial charge on any atom is -0.335 e. The lowest BCUT2D eigenvalue weighted by atomic mass is 10.2. The average Bonchev–Trinajstić information content (AvgIpc) is 2.58. The molecule has 1 aromatic rings. The second-order valence-corrected chi connectivity index (χ2v) is 5.71. The normalized spacial score (nSPS) is 19.9. The van der Waals surface area contributed by atoms with E-state index >= 15 is 0 Å². The summed E-state index contributed by atoms with van der Waals surface area (Å²) in [6, 6.07) is 2.41. The molecule has 0 spiro atoms. The third-order valence-electron chi connectivity index (χ3n) is 3.03. The maximum atomic E-state index is 12.2. The van der Waals surface area contributed by atoms with Gasteiger partial charge in [0, 0.05) is 30.6 Å². The van der Waals surface area contributed by atoms with E-state index in [0.29, 0.717) is 6.04 Å². The monoisotopic (exact) mass is 274 g/mol. The van der Waals surface area contributed by atoms with Crippen LogP contribution >= 0.6 is 23.7 Å². The zero-order chi connectivity index (χ0) is 11.7. The highest BCUT2D eigenvalue weighted by molar-refractivity contribution is 7.14. The molecular formula is C12H19ClN2OS. The number of thiophene rings is 1. The van der Waals surface area contributed by atoms with E-state index in [0.717, 1.165) is 24.5 Å². The third-order valence-corrected chi connectivity index (χ3v) is 4.17. The molecule has 3 nitrogen and oxygen atoms in total. The fraction of sp³-hybridized carbons (Fsp3) is 0.583. The molecule has 0 radical (unpaired) electrons. The Bertz CT molecular complexity index is 386. The van der Waals surface area contributed by atoms with E-state index in [1.807, 2.05) is 11.0 Å². The van der Waals surface area contributed by atoms with E-state index in [9.17, 15) is 4.79 Å². The maximum Gasteiger partial charge on any atom is 0.264 e. The van der Waals surface area contributed by atoms with E-state index in [4.69, 9.17) is 0 Å². The van der Waals surface area contributed by atoms with Gasteiger partial charge in [0.2, 0.25) is 0 Å². The molecule has 1 amide bonds. The van der Waals surface area contributed by atoms with Gasteiger partial charge in [-0.1, -0.05) is 0 Å². The van der Waals surface area contributed by atoms with E-state index < -0.39 is 0 Å². The summed E-state index contributed by atoms with van der Waals surface area (Å²) in [6.45, 7) is 8.77. The summed E-state index contributed by atoms with van der Waals surface area (Å²) in [6.07, 6.45) is 0. The van der Waals surface area contributed by atoms with Crippen LogP contribution in [0.25, 0.3) is 0 Å². The van der Waals surface area contributed by atoms with Crippen molar-refractivity contribution in [2.45, 2.75) is 26.8 Å². The largest absolute Gasteiger partial charge is 0.335 e. The smallest absolute Gasteiger partial charge is 0.264 e. The molecule has 17 heavy (non-hydrogen) atoms. The van der Waals surface area contributed by atoms with Gasteiger partial charge in [-0.2, -0.15) is 0 Å². The predicted molar refractivity (Wildman–Crippen MR) is 74.4 cm³/mol. The summed E-state index contributed by atoms with van der Waals surface area (Å²) < 4.78 is 0. The van der Waals surface area contributed by atoms with Crippen molar-refractivity contribution in [2.24, 2.45) is 0 Å². The number of carbonyl (C=O) groups excluding carboxylic acids is 1. The Morgan fingerprint density at radius 1 is 1.53 bits per heavy atom. The molecule has 5 heteroatoms. The highest BCUT2D eigenvalue weighted by Crippen LogP contribution is 2.22. The van der Waals surface area contributed by atoms with Crippen LogP contribution in [0.1, 0.15) is 27.0 Å². The van der Waals surface area contributed by atoms with Crippen molar-refractivity contribution in [1.82, 2.24) is 10.2 Å². The molecule has 96 valence electrons. The average molecular weight is 275 g/mol. The highest BCUT2D eigenvalue weighted by Gasteiger charge is 2.22. The topological polar surface area (TPSA) is 32.3 Å². The summed E-state index contributed by atoms with van der Waals surface area (Å²) in [5.41, 5.74) is 1.22. The van der Waals surface area contributed by atoms with Crippen LogP contribution in [-0.4, -0.2) is 36.5 Å². The van der Waals surface area contributed by atoms with Gasteiger partial charge < -0.3 is 10.2 Å². The molecule has 1 aromatic heterocycles. The molecule has 2 rings (SSSR count). The first-order valence-corrected chi connectivity index (χ1v) is 6.49. The van der Waals surface area contributed by atoms with Crippen molar-refractivity contribution in [1.29, 1.82) is 0 Å². The Morgan fingerprint density at radius 2 is 2.24 bits per heavy atom. The number of hydrogen-bond acceptors (Lipinski definition) is 3. The minimum atomic E-state index is 0. The van der Waals surface area contributed by atoms with Crippen LogP contribution in [0.5, 0.6) is 0 Å².